The van der Waals surface area contributed by atoms with Crippen LogP contribution in [0.2, 0.25) is 0 Å². The van der Waals surface area contributed by atoms with Crippen LogP contribution in [0.15, 0.2) is 4.99 Å². The van der Waals surface area contributed by atoms with Gasteiger partial charge >= 0.3 is 0 Å². The fourth-order valence-corrected chi connectivity index (χ4v) is 2.99. The summed E-state index contributed by atoms with van der Waals surface area (Å²) in [5.41, 5.74) is -0.0999. The van der Waals surface area contributed by atoms with E-state index in [-0.39, 0.29) is 29.6 Å². The summed E-state index contributed by atoms with van der Waals surface area (Å²) < 4.78 is 11.2. The molecular formula is C15H30IN3O2. The number of rotatable bonds is 3. The normalized spacial score (nSPS) is 23.6. The van der Waals surface area contributed by atoms with E-state index in [1.165, 1.54) is 12.8 Å². The number of piperidine rings is 1. The second-order valence-corrected chi connectivity index (χ2v) is 6.07. The number of halogens is 1. The highest BCUT2D eigenvalue weighted by molar-refractivity contribution is 14.0. The van der Waals surface area contributed by atoms with Gasteiger partial charge in [-0.25, -0.2) is 0 Å². The van der Waals surface area contributed by atoms with Gasteiger partial charge in [0.1, 0.15) is 0 Å². The van der Waals surface area contributed by atoms with Crippen LogP contribution < -0.4 is 5.32 Å². The molecule has 2 saturated heterocycles. The molecule has 0 unspecified atom stereocenters. The minimum Gasteiger partial charge on any atom is -0.381 e. The molecule has 5 nitrogen and oxygen atoms in total. The number of aliphatic imine (C=N–C) groups is 1. The third-order valence-corrected chi connectivity index (χ3v) is 4.70. The van der Waals surface area contributed by atoms with Crippen LogP contribution in [0, 0.1) is 5.92 Å². The summed E-state index contributed by atoms with van der Waals surface area (Å²) in [6.45, 7) is 6.92. The molecule has 0 spiro atoms. The van der Waals surface area contributed by atoms with Gasteiger partial charge in [0.05, 0.1) is 5.60 Å². The second kappa shape index (κ2) is 9.15. The molecule has 0 aromatic carbocycles. The Hall–Kier alpha value is -0.0800. The van der Waals surface area contributed by atoms with Crippen molar-refractivity contribution in [2.24, 2.45) is 10.9 Å². The molecule has 0 amide bonds. The molecule has 6 heteroatoms. The quantitative estimate of drug-likeness (QED) is 0.439. The van der Waals surface area contributed by atoms with Gasteiger partial charge in [-0.3, -0.25) is 4.99 Å². The predicted octanol–water partition coefficient (Wildman–Crippen LogP) is 2.11. The van der Waals surface area contributed by atoms with Gasteiger partial charge < -0.3 is 19.7 Å². The first kappa shape index (κ1) is 19.0. The summed E-state index contributed by atoms with van der Waals surface area (Å²) in [5, 5.41) is 3.51. The minimum atomic E-state index is -0.0999. The molecule has 2 aliphatic rings. The fraction of sp³-hybridized carbons (Fsp3) is 0.933. The highest BCUT2D eigenvalue weighted by Gasteiger charge is 2.33. The Bertz CT molecular complexity index is 325. The van der Waals surface area contributed by atoms with E-state index in [4.69, 9.17) is 9.47 Å². The molecule has 21 heavy (non-hydrogen) atoms. The summed E-state index contributed by atoms with van der Waals surface area (Å²) in [4.78, 5) is 6.79. The number of hydrogen-bond donors (Lipinski definition) is 1. The first-order chi connectivity index (χ1) is 9.69. The monoisotopic (exact) mass is 411 g/mol. The van der Waals surface area contributed by atoms with Gasteiger partial charge in [-0.15, -0.1) is 24.0 Å². The lowest BCUT2D eigenvalue weighted by Gasteiger charge is -2.38. The Kier molecular flexibility index (Phi) is 8.26. The van der Waals surface area contributed by atoms with E-state index < -0.39 is 0 Å². The van der Waals surface area contributed by atoms with Crippen LogP contribution in [0.4, 0.5) is 0 Å². The molecule has 0 bridgehead atoms. The molecule has 2 heterocycles. The van der Waals surface area contributed by atoms with Crippen molar-refractivity contribution in [3.8, 4) is 0 Å². The summed E-state index contributed by atoms with van der Waals surface area (Å²) in [6, 6.07) is 0. The molecular weight excluding hydrogens is 381 g/mol. The predicted molar refractivity (Wildman–Crippen MR) is 96.5 cm³/mol. The number of nitrogens with one attached hydrogen (secondary N) is 1. The minimum absolute atomic E-state index is 0. The number of methoxy groups -OCH3 is 1. The summed E-state index contributed by atoms with van der Waals surface area (Å²) >= 11 is 0. The van der Waals surface area contributed by atoms with E-state index in [0.29, 0.717) is 0 Å². The molecule has 0 aromatic rings. The van der Waals surface area contributed by atoms with Gasteiger partial charge in [-0.2, -0.15) is 0 Å². The van der Waals surface area contributed by atoms with Gasteiger partial charge in [-0.1, -0.05) is 6.92 Å². The van der Waals surface area contributed by atoms with Crippen molar-refractivity contribution < 1.29 is 9.47 Å². The van der Waals surface area contributed by atoms with Crippen molar-refractivity contribution in [3.63, 3.8) is 0 Å². The molecule has 0 aliphatic carbocycles. The average molecular weight is 411 g/mol. The van der Waals surface area contributed by atoms with Crippen molar-refractivity contribution in [2.75, 3.05) is 47.0 Å². The molecule has 2 aliphatic heterocycles. The van der Waals surface area contributed by atoms with Crippen molar-refractivity contribution in [1.82, 2.24) is 10.2 Å². The van der Waals surface area contributed by atoms with E-state index in [1.807, 2.05) is 7.05 Å². The maximum Gasteiger partial charge on any atom is 0.193 e. The molecule has 0 aromatic heterocycles. The van der Waals surface area contributed by atoms with Crippen LogP contribution in [0.25, 0.3) is 0 Å². The van der Waals surface area contributed by atoms with Crippen LogP contribution in [-0.2, 0) is 9.47 Å². The maximum absolute atomic E-state index is 5.76. The molecule has 2 fully saturated rings. The lowest BCUT2D eigenvalue weighted by Crippen LogP contribution is -2.52. The first-order valence-electron chi connectivity index (χ1n) is 7.77. The SMILES string of the molecule is CN=C(NCC1(OC)CCOCC1)N1CCC(C)CC1.I. The zero-order valence-corrected chi connectivity index (χ0v) is 15.9. The largest absolute Gasteiger partial charge is 0.381 e. The van der Waals surface area contributed by atoms with E-state index >= 15 is 0 Å². The van der Waals surface area contributed by atoms with Gasteiger partial charge in [0.15, 0.2) is 5.96 Å². The average Bonchev–Trinajstić information content (AvgIpc) is 2.50. The van der Waals surface area contributed by atoms with Crippen LogP contribution in [0.1, 0.15) is 32.6 Å². The van der Waals surface area contributed by atoms with Crippen LogP contribution in [-0.4, -0.2) is 63.5 Å². The van der Waals surface area contributed by atoms with Crippen molar-refractivity contribution in [1.29, 1.82) is 0 Å². The Labute approximate surface area is 145 Å². The standard InChI is InChI=1S/C15H29N3O2.HI/c1-13-4-8-18(9-5-13)14(16-2)17-12-15(19-3)6-10-20-11-7-15;/h13H,4-12H2,1-3H3,(H,16,17);1H. The number of ether oxygens (including phenoxy) is 2. The van der Waals surface area contributed by atoms with E-state index in [9.17, 15) is 0 Å². The van der Waals surface area contributed by atoms with Crippen molar-refractivity contribution in [3.05, 3.63) is 0 Å². The second-order valence-electron chi connectivity index (χ2n) is 6.07. The molecule has 0 atom stereocenters. The molecule has 124 valence electrons. The molecule has 0 saturated carbocycles. The fourth-order valence-electron chi connectivity index (χ4n) is 2.99. The van der Waals surface area contributed by atoms with Crippen molar-refractivity contribution >= 4 is 29.9 Å². The van der Waals surface area contributed by atoms with Gasteiger partial charge in [0.25, 0.3) is 0 Å². The van der Waals surface area contributed by atoms with Crippen molar-refractivity contribution in [2.45, 2.75) is 38.2 Å². The van der Waals surface area contributed by atoms with E-state index in [2.05, 4.69) is 22.1 Å². The molecule has 1 N–H and O–H groups in total. The number of likely N-dealkylation sites (tertiary alicyclic amines) is 1. The summed E-state index contributed by atoms with van der Waals surface area (Å²) in [6.07, 6.45) is 4.41. The van der Waals surface area contributed by atoms with Crippen LogP contribution in [0.5, 0.6) is 0 Å². The highest BCUT2D eigenvalue weighted by Crippen LogP contribution is 2.24. The van der Waals surface area contributed by atoms with Gasteiger partial charge in [-0.05, 0) is 18.8 Å². The van der Waals surface area contributed by atoms with Gasteiger partial charge in [0.2, 0.25) is 0 Å². The summed E-state index contributed by atoms with van der Waals surface area (Å²) in [5.74, 6) is 1.85. The van der Waals surface area contributed by atoms with E-state index in [1.54, 1.807) is 7.11 Å². The van der Waals surface area contributed by atoms with Crippen LogP contribution >= 0.6 is 24.0 Å². The lowest BCUT2D eigenvalue weighted by molar-refractivity contribution is -0.0858. The Morgan fingerprint density at radius 3 is 2.48 bits per heavy atom. The van der Waals surface area contributed by atoms with E-state index in [0.717, 1.165) is 57.6 Å². The number of nitrogens with zero attached hydrogens (tertiary/aromatic N) is 2. The lowest BCUT2D eigenvalue weighted by atomic mass is 9.94. The highest BCUT2D eigenvalue weighted by atomic mass is 127. The topological polar surface area (TPSA) is 46.1 Å². The van der Waals surface area contributed by atoms with Gasteiger partial charge in [0, 0.05) is 59.8 Å². The first-order valence-corrected chi connectivity index (χ1v) is 7.77. The number of guanidine groups is 1. The Balaban J connectivity index is 0.00000220. The smallest absolute Gasteiger partial charge is 0.193 e. The Morgan fingerprint density at radius 1 is 1.33 bits per heavy atom. The third-order valence-electron chi connectivity index (χ3n) is 4.70. The Morgan fingerprint density at radius 2 is 1.95 bits per heavy atom. The maximum atomic E-state index is 5.76. The number of hydrogen-bond acceptors (Lipinski definition) is 3. The zero-order valence-electron chi connectivity index (χ0n) is 13.6. The summed E-state index contributed by atoms with van der Waals surface area (Å²) in [7, 11) is 3.67. The zero-order chi connectivity index (χ0) is 14.4. The third kappa shape index (κ3) is 5.25. The molecule has 0 radical (unpaired) electrons. The molecule has 2 rings (SSSR count). The van der Waals surface area contributed by atoms with Crippen LogP contribution in [0.3, 0.4) is 0 Å².